The zero-order valence-electron chi connectivity index (χ0n) is 17.6. The Hall–Kier alpha value is -2.73. The first-order valence-corrected chi connectivity index (χ1v) is 9.90. The zero-order chi connectivity index (χ0) is 21.0. The SMILES string of the molecule is COc1ccc(C(c2ccc(N(C)C)cc2)N2CCC(C(=O)O)CC2)cc1OC. The molecule has 1 heterocycles. The molecule has 0 bridgehead atoms. The Balaban J connectivity index is 1.97. The second kappa shape index (κ2) is 9.18. The topological polar surface area (TPSA) is 62.2 Å². The van der Waals surface area contributed by atoms with E-state index in [2.05, 4.69) is 40.1 Å². The van der Waals surface area contributed by atoms with E-state index in [1.165, 1.54) is 5.56 Å². The summed E-state index contributed by atoms with van der Waals surface area (Å²) in [4.78, 5) is 15.8. The van der Waals surface area contributed by atoms with Gasteiger partial charge in [0, 0.05) is 19.8 Å². The molecule has 2 aromatic rings. The lowest BCUT2D eigenvalue weighted by atomic mass is 9.91. The van der Waals surface area contributed by atoms with Crippen LogP contribution in [0.4, 0.5) is 5.69 Å². The Labute approximate surface area is 172 Å². The van der Waals surface area contributed by atoms with Gasteiger partial charge in [-0.1, -0.05) is 18.2 Å². The molecule has 1 unspecified atom stereocenters. The minimum atomic E-state index is -0.692. The number of carbonyl (C=O) groups is 1. The fourth-order valence-corrected chi connectivity index (χ4v) is 4.00. The van der Waals surface area contributed by atoms with Crippen LogP contribution in [0.15, 0.2) is 42.5 Å². The van der Waals surface area contributed by atoms with E-state index in [1.807, 2.05) is 26.2 Å². The van der Waals surface area contributed by atoms with Gasteiger partial charge in [-0.2, -0.15) is 0 Å². The molecule has 0 aromatic heterocycles. The number of methoxy groups -OCH3 is 2. The molecule has 3 rings (SSSR count). The van der Waals surface area contributed by atoms with E-state index in [0.717, 1.165) is 24.3 Å². The van der Waals surface area contributed by atoms with Gasteiger partial charge in [-0.3, -0.25) is 9.69 Å². The number of nitrogens with zero attached hydrogens (tertiary/aromatic N) is 2. The average molecular weight is 399 g/mol. The number of ether oxygens (including phenoxy) is 2. The highest BCUT2D eigenvalue weighted by Crippen LogP contribution is 2.37. The summed E-state index contributed by atoms with van der Waals surface area (Å²) in [6, 6.07) is 14.6. The molecule has 1 saturated heterocycles. The second-order valence-corrected chi connectivity index (χ2v) is 7.65. The highest BCUT2D eigenvalue weighted by molar-refractivity contribution is 5.70. The summed E-state index contributed by atoms with van der Waals surface area (Å²) in [5.41, 5.74) is 3.43. The summed E-state index contributed by atoms with van der Waals surface area (Å²) in [6.07, 6.45) is 1.32. The molecule has 1 aliphatic rings. The molecule has 156 valence electrons. The molecule has 1 fully saturated rings. The van der Waals surface area contributed by atoms with E-state index in [9.17, 15) is 9.90 Å². The van der Waals surface area contributed by atoms with Crippen molar-refractivity contribution in [2.75, 3.05) is 46.3 Å². The van der Waals surface area contributed by atoms with Crippen LogP contribution >= 0.6 is 0 Å². The zero-order valence-corrected chi connectivity index (χ0v) is 17.6. The predicted octanol–water partition coefficient (Wildman–Crippen LogP) is 3.66. The van der Waals surface area contributed by atoms with E-state index in [1.54, 1.807) is 14.2 Å². The molecule has 2 aromatic carbocycles. The lowest BCUT2D eigenvalue weighted by Crippen LogP contribution is -2.39. The van der Waals surface area contributed by atoms with Gasteiger partial charge in [0.2, 0.25) is 0 Å². The summed E-state index contributed by atoms with van der Waals surface area (Å²) < 4.78 is 10.9. The molecule has 29 heavy (non-hydrogen) atoms. The van der Waals surface area contributed by atoms with Crippen molar-refractivity contribution in [1.82, 2.24) is 4.90 Å². The van der Waals surface area contributed by atoms with Crippen LogP contribution in [0.1, 0.15) is 30.0 Å². The quantitative estimate of drug-likeness (QED) is 0.768. The fourth-order valence-electron chi connectivity index (χ4n) is 4.00. The smallest absolute Gasteiger partial charge is 0.306 e. The average Bonchev–Trinajstić information content (AvgIpc) is 2.74. The standard InChI is InChI=1S/C23H30N2O4/c1-24(2)19-8-5-16(6-9-19)22(25-13-11-17(12-14-25)23(26)27)18-7-10-20(28-3)21(15-18)29-4/h5-10,15,17,22H,11-14H2,1-4H3,(H,26,27). The number of anilines is 1. The summed E-state index contributed by atoms with van der Waals surface area (Å²) in [5.74, 6) is 0.443. The third-order valence-electron chi connectivity index (χ3n) is 5.69. The first kappa shape index (κ1) is 21.0. The molecule has 6 nitrogen and oxygen atoms in total. The Kier molecular flexibility index (Phi) is 6.64. The first-order chi connectivity index (χ1) is 13.9. The van der Waals surface area contributed by atoms with Gasteiger partial charge in [-0.05, 0) is 61.3 Å². The number of carboxylic acid groups (broad SMARTS) is 1. The lowest BCUT2D eigenvalue weighted by molar-refractivity contribution is -0.143. The molecule has 1 N–H and O–H groups in total. The van der Waals surface area contributed by atoms with Gasteiger partial charge in [-0.15, -0.1) is 0 Å². The van der Waals surface area contributed by atoms with Crippen LogP contribution in [0.2, 0.25) is 0 Å². The molecular weight excluding hydrogens is 368 g/mol. The van der Waals surface area contributed by atoms with Gasteiger partial charge in [-0.25, -0.2) is 0 Å². The molecule has 0 saturated carbocycles. The van der Waals surface area contributed by atoms with Crippen molar-refractivity contribution in [2.24, 2.45) is 5.92 Å². The third-order valence-corrected chi connectivity index (χ3v) is 5.69. The van der Waals surface area contributed by atoms with Crippen molar-refractivity contribution >= 4 is 11.7 Å². The maximum absolute atomic E-state index is 11.4. The van der Waals surface area contributed by atoms with Crippen LogP contribution in [0, 0.1) is 5.92 Å². The second-order valence-electron chi connectivity index (χ2n) is 7.65. The van der Waals surface area contributed by atoms with Crippen LogP contribution in [0.5, 0.6) is 11.5 Å². The number of carboxylic acids is 1. The van der Waals surface area contributed by atoms with Gasteiger partial charge in [0.05, 0.1) is 26.2 Å². The molecule has 6 heteroatoms. The van der Waals surface area contributed by atoms with Gasteiger partial charge in [0.25, 0.3) is 0 Å². The predicted molar refractivity (Wildman–Crippen MR) is 114 cm³/mol. The number of hydrogen-bond donors (Lipinski definition) is 1. The normalized spacial score (nSPS) is 16.3. The Morgan fingerprint density at radius 2 is 1.59 bits per heavy atom. The van der Waals surface area contributed by atoms with Crippen molar-refractivity contribution in [1.29, 1.82) is 0 Å². The maximum atomic E-state index is 11.4. The van der Waals surface area contributed by atoms with Crippen LogP contribution in [0.25, 0.3) is 0 Å². The van der Waals surface area contributed by atoms with Crippen LogP contribution in [-0.2, 0) is 4.79 Å². The van der Waals surface area contributed by atoms with E-state index >= 15 is 0 Å². The molecule has 1 atom stereocenters. The number of benzene rings is 2. The number of rotatable bonds is 7. The fraction of sp³-hybridized carbons (Fsp3) is 0.435. The minimum Gasteiger partial charge on any atom is -0.493 e. The molecule has 0 amide bonds. The van der Waals surface area contributed by atoms with Crippen molar-refractivity contribution in [3.05, 3.63) is 53.6 Å². The van der Waals surface area contributed by atoms with Gasteiger partial charge in [0.1, 0.15) is 0 Å². The lowest BCUT2D eigenvalue weighted by Gasteiger charge is -2.37. The number of hydrogen-bond acceptors (Lipinski definition) is 5. The minimum absolute atomic E-state index is 0.0285. The van der Waals surface area contributed by atoms with Crippen LogP contribution in [0.3, 0.4) is 0 Å². The molecule has 0 spiro atoms. The van der Waals surface area contributed by atoms with Crippen molar-refractivity contribution < 1.29 is 19.4 Å². The highest BCUT2D eigenvalue weighted by atomic mass is 16.5. The number of aliphatic carboxylic acids is 1. The monoisotopic (exact) mass is 398 g/mol. The largest absolute Gasteiger partial charge is 0.493 e. The molecule has 0 aliphatic carbocycles. The van der Waals surface area contributed by atoms with Gasteiger partial charge in [0.15, 0.2) is 11.5 Å². The Morgan fingerprint density at radius 3 is 2.10 bits per heavy atom. The molecule has 1 aliphatic heterocycles. The van der Waals surface area contributed by atoms with Crippen molar-refractivity contribution in [3.63, 3.8) is 0 Å². The van der Waals surface area contributed by atoms with Crippen molar-refractivity contribution in [2.45, 2.75) is 18.9 Å². The molecular formula is C23H30N2O4. The summed E-state index contributed by atoms with van der Waals surface area (Å²) in [5, 5.41) is 9.35. The maximum Gasteiger partial charge on any atom is 0.306 e. The first-order valence-electron chi connectivity index (χ1n) is 9.90. The van der Waals surface area contributed by atoms with E-state index in [0.29, 0.717) is 24.3 Å². The Bertz CT molecular complexity index is 827. The van der Waals surface area contributed by atoms with E-state index in [-0.39, 0.29) is 12.0 Å². The van der Waals surface area contributed by atoms with E-state index < -0.39 is 5.97 Å². The summed E-state index contributed by atoms with van der Waals surface area (Å²) in [7, 11) is 7.32. The number of piperidine rings is 1. The third kappa shape index (κ3) is 4.65. The highest BCUT2D eigenvalue weighted by Gasteiger charge is 2.30. The van der Waals surface area contributed by atoms with Crippen LogP contribution < -0.4 is 14.4 Å². The number of likely N-dealkylation sites (tertiary alicyclic amines) is 1. The van der Waals surface area contributed by atoms with Crippen LogP contribution in [-0.4, -0.2) is 57.4 Å². The Morgan fingerprint density at radius 1 is 1.00 bits per heavy atom. The van der Waals surface area contributed by atoms with Crippen molar-refractivity contribution in [3.8, 4) is 11.5 Å². The summed E-state index contributed by atoms with van der Waals surface area (Å²) >= 11 is 0. The summed E-state index contributed by atoms with van der Waals surface area (Å²) in [6.45, 7) is 1.48. The van der Waals surface area contributed by atoms with Gasteiger partial charge >= 0.3 is 5.97 Å². The van der Waals surface area contributed by atoms with Gasteiger partial charge < -0.3 is 19.5 Å². The van der Waals surface area contributed by atoms with E-state index in [4.69, 9.17) is 9.47 Å². The molecule has 0 radical (unpaired) electrons.